The summed E-state index contributed by atoms with van der Waals surface area (Å²) in [7, 11) is -4.11. The van der Waals surface area contributed by atoms with Gasteiger partial charge in [-0.25, -0.2) is 0 Å². The van der Waals surface area contributed by atoms with E-state index in [0.29, 0.717) is 6.42 Å². The van der Waals surface area contributed by atoms with Gasteiger partial charge >= 0.3 is 7.60 Å². The van der Waals surface area contributed by atoms with E-state index in [-0.39, 0.29) is 0 Å². The zero-order chi connectivity index (χ0) is 8.20. The predicted molar refractivity (Wildman–Crippen MR) is 34.3 cm³/mol. The van der Waals surface area contributed by atoms with Crippen molar-refractivity contribution in [3.05, 3.63) is 0 Å². The molecule has 62 valence electrons. The topological polar surface area (TPSA) is 87.0 Å². The van der Waals surface area contributed by atoms with Crippen LogP contribution in [0.15, 0.2) is 0 Å². The molecule has 10 heavy (non-hydrogen) atoms. The Morgan fingerprint density at radius 3 is 2.40 bits per heavy atom. The first-order valence-electron chi connectivity index (χ1n) is 2.80. The van der Waals surface area contributed by atoms with Gasteiger partial charge in [-0.2, -0.15) is 0 Å². The maximum Gasteiger partial charge on any atom is 0.351 e. The summed E-state index contributed by atoms with van der Waals surface area (Å²) in [5, 5.41) is 8.66. The third-order valence-electron chi connectivity index (χ3n) is 0.784. The fourth-order valence-electron chi connectivity index (χ4n) is 0.301. The molecule has 0 saturated carbocycles. The highest BCUT2D eigenvalue weighted by molar-refractivity contribution is 7.51. The number of aliphatic hydroxyl groups is 1. The maximum atomic E-state index is 10.1. The number of aliphatic hydroxyl groups excluding tert-OH is 1. The van der Waals surface area contributed by atoms with E-state index >= 15 is 0 Å². The highest BCUT2D eigenvalue weighted by Crippen LogP contribution is 2.34. The summed E-state index contributed by atoms with van der Waals surface area (Å²) >= 11 is 0. The Labute approximate surface area is 58.8 Å². The molecule has 0 saturated heterocycles. The molecule has 0 aliphatic carbocycles. The second-order valence-electron chi connectivity index (χ2n) is 1.82. The third-order valence-corrected chi connectivity index (χ3v) is 1.27. The molecule has 1 atom stereocenters. The lowest BCUT2D eigenvalue weighted by Gasteiger charge is -2.09. The van der Waals surface area contributed by atoms with E-state index in [1.165, 1.54) is 0 Å². The summed E-state index contributed by atoms with van der Waals surface area (Å²) in [5.41, 5.74) is 0. The molecule has 0 amide bonds. The van der Waals surface area contributed by atoms with Crippen LogP contribution in [0.3, 0.4) is 0 Å². The molecule has 0 aliphatic heterocycles. The van der Waals surface area contributed by atoms with Gasteiger partial charge in [-0.3, -0.25) is 4.57 Å². The molecule has 5 nitrogen and oxygen atoms in total. The van der Waals surface area contributed by atoms with Gasteiger partial charge in [-0.15, -0.1) is 0 Å². The van der Waals surface area contributed by atoms with Crippen LogP contribution in [0, 0.1) is 0 Å². The Balaban J connectivity index is 3.46. The summed E-state index contributed by atoms with van der Waals surface area (Å²) in [6.07, 6.45) is -1.48. The van der Waals surface area contributed by atoms with E-state index in [9.17, 15) is 4.57 Å². The molecule has 0 bridgehead atoms. The molecule has 0 heterocycles. The Bertz CT molecular complexity index is 130. The molecule has 0 rings (SSSR count). The normalized spacial score (nSPS) is 15.2. The molecule has 0 aliphatic rings. The van der Waals surface area contributed by atoms with Crippen LogP contribution in [0.1, 0.15) is 13.3 Å². The van der Waals surface area contributed by atoms with E-state index < -0.39 is 20.2 Å². The number of hydrogen-bond acceptors (Lipinski definition) is 3. The van der Waals surface area contributed by atoms with Crippen LogP contribution in [0.5, 0.6) is 0 Å². The molecular formula is C4H11O5P. The summed E-state index contributed by atoms with van der Waals surface area (Å²) in [4.78, 5) is 16.5. The SMILES string of the molecule is CCC(O)OCP(=O)(O)O. The second-order valence-corrected chi connectivity index (χ2v) is 3.41. The lowest BCUT2D eigenvalue weighted by Crippen LogP contribution is -2.10. The number of ether oxygens (including phenoxy) is 1. The van der Waals surface area contributed by atoms with E-state index in [0.717, 1.165) is 0 Å². The van der Waals surface area contributed by atoms with Gasteiger partial charge in [-0.05, 0) is 6.42 Å². The fraction of sp³-hybridized carbons (Fsp3) is 1.00. The largest absolute Gasteiger partial charge is 0.368 e. The Morgan fingerprint density at radius 2 is 2.10 bits per heavy atom. The van der Waals surface area contributed by atoms with Crippen molar-refractivity contribution >= 4 is 7.60 Å². The molecule has 3 N–H and O–H groups in total. The molecule has 6 heteroatoms. The molecule has 0 fully saturated rings. The monoisotopic (exact) mass is 170 g/mol. The van der Waals surface area contributed by atoms with E-state index in [2.05, 4.69) is 4.74 Å². The fourth-order valence-corrected chi connectivity index (χ4v) is 0.667. The summed E-state index contributed by atoms with van der Waals surface area (Å²) < 4.78 is 14.5. The first kappa shape index (κ1) is 10.1. The molecular weight excluding hydrogens is 159 g/mol. The predicted octanol–water partition coefficient (Wildman–Crippen LogP) is -0.133. The maximum absolute atomic E-state index is 10.1. The van der Waals surface area contributed by atoms with Crippen LogP contribution in [0.25, 0.3) is 0 Å². The van der Waals surface area contributed by atoms with Gasteiger partial charge in [0.25, 0.3) is 0 Å². The van der Waals surface area contributed by atoms with Gasteiger partial charge in [0.2, 0.25) is 0 Å². The van der Waals surface area contributed by atoms with E-state index in [4.69, 9.17) is 14.9 Å². The number of hydrogen-bond donors (Lipinski definition) is 3. The smallest absolute Gasteiger partial charge is 0.351 e. The van der Waals surface area contributed by atoms with Crippen molar-refractivity contribution in [1.29, 1.82) is 0 Å². The van der Waals surface area contributed by atoms with Crippen LogP contribution in [0.4, 0.5) is 0 Å². The molecule has 0 radical (unpaired) electrons. The van der Waals surface area contributed by atoms with E-state index in [1.54, 1.807) is 6.92 Å². The van der Waals surface area contributed by atoms with Gasteiger partial charge in [0.05, 0.1) is 0 Å². The quantitative estimate of drug-likeness (QED) is 0.404. The zero-order valence-corrected chi connectivity index (χ0v) is 6.49. The highest BCUT2D eigenvalue weighted by Gasteiger charge is 2.14. The molecule has 0 aromatic carbocycles. The van der Waals surface area contributed by atoms with Crippen molar-refractivity contribution in [2.24, 2.45) is 0 Å². The Morgan fingerprint density at radius 1 is 1.60 bits per heavy atom. The first-order valence-corrected chi connectivity index (χ1v) is 4.59. The van der Waals surface area contributed by atoms with Gasteiger partial charge in [0.15, 0.2) is 12.6 Å². The van der Waals surface area contributed by atoms with Crippen molar-refractivity contribution in [1.82, 2.24) is 0 Å². The minimum Gasteiger partial charge on any atom is -0.368 e. The average molecular weight is 170 g/mol. The van der Waals surface area contributed by atoms with Crippen LogP contribution >= 0.6 is 7.60 Å². The summed E-state index contributed by atoms with van der Waals surface area (Å²) in [6.45, 7) is 1.64. The molecule has 1 unspecified atom stereocenters. The van der Waals surface area contributed by atoms with Crippen LogP contribution in [-0.2, 0) is 9.30 Å². The Kier molecular flexibility index (Phi) is 4.08. The third kappa shape index (κ3) is 6.19. The van der Waals surface area contributed by atoms with Crippen LogP contribution < -0.4 is 0 Å². The van der Waals surface area contributed by atoms with Crippen molar-refractivity contribution < 1.29 is 24.2 Å². The number of rotatable bonds is 4. The van der Waals surface area contributed by atoms with Crippen molar-refractivity contribution in [3.63, 3.8) is 0 Å². The summed E-state index contributed by atoms with van der Waals surface area (Å²) in [5.74, 6) is 0. The first-order chi connectivity index (χ1) is 4.45. The zero-order valence-electron chi connectivity index (χ0n) is 5.60. The molecule has 0 aromatic heterocycles. The standard InChI is InChI=1S/C4H11O5P/c1-2-4(5)9-3-10(6,7)8/h4-5H,2-3H2,1H3,(H2,6,7,8). The minimum absolute atomic E-state index is 0.319. The highest BCUT2D eigenvalue weighted by atomic mass is 31.2. The van der Waals surface area contributed by atoms with E-state index in [1.807, 2.05) is 0 Å². The van der Waals surface area contributed by atoms with Gasteiger partial charge in [0, 0.05) is 0 Å². The van der Waals surface area contributed by atoms with Gasteiger partial charge < -0.3 is 19.6 Å². The Hall–Kier alpha value is 0.0700. The van der Waals surface area contributed by atoms with Crippen LogP contribution in [0.2, 0.25) is 0 Å². The molecule has 0 aromatic rings. The van der Waals surface area contributed by atoms with Crippen molar-refractivity contribution in [2.45, 2.75) is 19.6 Å². The van der Waals surface area contributed by atoms with Gasteiger partial charge in [0.1, 0.15) is 0 Å². The summed E-state index contributed by atoms with van der Waals surface area (Å²) in [6, 6.07) is 0. The lowest BCUT2D eigenvalue weighted by molar-refractivity contribution is -0.0870. The van der Waals surface area contributed by atoms with Crippen molar-refractivity contribution in [2.75, 3.05) is 6.35 Å². The average Bonchev–Trinajstić information content (AvgIpc) is 1.81. The second kappa shape index (κ2) is 4.05. The van der Waals surface area contributed by atoms with Gasteiger partial charge in [-0.1, -0.05) is 6.92 Å². The van der Waals surface area contributed by atoms with Crippen LogP contribution in [-0.4, -0.2) is 27.5 Å². The molecule has 0 spiro atoms. The minimum atomic E-state index is -4.11. The van der Waals surface area contributed by atoms with Crippen molar-refractivity contribution in [3.8, 4) is 0 Å². The lowest BCUT2D eigenvalue weighted by atomic mass is 10.5.